The van der Waals surface area contributed by atoms with Crippen molar-refractivity contribution >= 4 is 12.0 Å². The Morgan fingerprint density at radius 1 is 1.02 bits per heavy atom. The van der Waals surface area contributed by atoms with E-state index in [2.05, 4.69) is 56.4 Å². The average Bonchev–Trinajstić information content (AvgIpc) is 3.54. The van der Waals surface area contributed by atoms with Crippen LogP contribution < -0.4 is 0 Å². The van der Waals surface area contributed by atoms with Crippen LogP contribution in [0.2, 0.25) is 0 Å². The Morgan fingerprint density at radius 3 is 2.60 bits per heavy atom. The van der Waals surface area contributed by atoms with E-state index in [1.54, 1.807) is 0 Å². The van der Waals surface area contributed by atoms with Crippen molar-refractivity contribution in [2.45, 2.75) is 141 Å². The molecule has 1 spiro atoms. The summed E-state index contributed by atoms with van der Waals surface area (Å²) in [4.78, 5) is 12.6. The Balaban J connectivity index is 0.976. The fourth-order valence-electron chi connectivity index (χ4n) is 9.40. The first kappa shape index (κ1) is 31.4. The van der Waals surface area contributed by atoms with Gasteiger partial charge < -0.3 is 14.3 Å². The molecule has 4 aliphatic carbocycles. The predicted octanol–water partition coefficient (Wildman–Crippen LogP) is 10.1. The van der Waals surface area contributed by atoms with Crippen molar-refractivity contribution in [1.82, 2.24) is 0 Å². The number of carbonyl (C=O) groups is 1. The molecule has 3 fully saturated rings. The van der Waals surface area contributed by atoms with Gasteiger partial charge in [-0.15, -0.1) is 0 Å². The predicted molar refractivity (Wildman–Crippen MR) is 171 cm³/mol. The van der Waals surface area contributed by atoms with Gasteiger partial charge in [0.05, 0.1) is 6.26 Å². The third kappa shape index (κ3) is 6.85. The summed E-state index contributed by atoms with van der Waals surface area (Å²) in [5.41, 5.74) is 0.752. The van der Waals surface area contributed by atoms with Crippen LogP contribution in [0.5, 0.6) is 0 Å². The van der Waals surface area contributed by atoms with Gasteiger partial charge in [0, 0.05) is 12.0 Å². The molecule has 1 aromatic rings. The highest BCUT2D eigenvalue weighted by atomic mass is 16.5. The molecule has 5 rings (SSSR count). The Morgan fingerprint density at radius 2 is 1.79 bits per heavy atom. The molecule has 0 aliphatic heterocycles. The van der Waals surface area contributed by atoms with Gasteiger partial charge in [0.15, 0.2) is 0 Å². The minimum absolute atomic E-state index is 0.100. The molecule has 42 heavy (non-hydrogen) atoms. The zero-order chi connectivity index (χ0) is 29.5. The van der Waals surface area contributed by atoms with E-state index in [-0.39, 0.29) is 29.3 Å². The van der Waals surface area contributed by atoms with Crippen LogP contribution in [-0.2, 0) is 9.53 Å². The maximum atomic E-state index is 12.6. The molecule has 4 heteroatoms. The Kier molecular flexibility index (Phi) is 10.6. The number of esters is 1. The number of aliphatic hydroxyl groups is 1. The van der Waals surface area contributed by atoms with Crippen molar-refractivity contribution in [3.63, 3.8) is 0 Å². The number of ether oxygens (including phenoxy) is 1. The van der Waals surface area contributed by atoms with Crippen molar-refractivity contribution in [3.8, 4) is 0 Å². The van der Waals surface area contributed by atoms with Crippen molar-refractivity contribution < 1.29 is 19.1 Å². The van der Waals surface area contributed by atoms with Gasteiger partial charge in [0.25, 0.3) is 0 Å². The molecule has 6 atom stereocenters. The number of hydrogen-bond acceptors (Lipinski definition) is 4. The molecule has 232 valence electrons. The van der Waals surface area contributed by atoms with Crippen molar-refractivity contribution in [2.75, 3.05) is 6.61 Å². The number of fused-ring (bicyclic) bond motifs is 5. The molecule has 0 amide bonds. The first-order chi connectivity index (χ1) is 20.4. The monoisotopic (exact) mass is 576 g/mol. The van der Waals surface area contributed by atoms with Crippen LogP contribution in [-0.4, -0.2) is 23.3 Å². The van der Waals surface area contributed by atoms with E-state index >= 15 is 0 Å². The zero-order valence-corrected chi connectivity index (χ0v) is 26.5. The third-order valence-electron chi connectivity index (χ3n) is 11.6. The SMILES string of the molecule is CCCCC/C=C/C/C=C\CCCCCCCC(=O)OC[C@]1(O)C[C@@]23CC[C@H]4c5ccoc5C=C[C@]4(C)[C@H]2CC[C@H]1C3. The van der Waals surface area contributed by atoms with Crippen LogP contribution in [0, 0.1) is 22.7 Å². The van der Waals surface area contributed by atoms with E-state index in [0.717, 1.165) is 70.0 Å². The number of carbonyl (C=O) groups excluding carboxylic acids is 1. The highest BCUT2D eigenvalue weighted by molar-refractivity contribution is 5.69. The Labute approximate surface area is 255 Å². The molecule has 1 N–H and O–H groups in total. The highest BCUT2D eigenvalue weighted by Gasteiger charge is 2.65. The second kappa shape index (κ2) is 14.1. The second-order valence-corrected chi connectivity index (χ2v) is 14.3. The van der Waals surface area contributed by atoms with Gasteiger partial charge in [-0.25, -0.2) is 0 Å². The van der Waals surface area contributed by atoms with Crippen LogP contribution in [0.3, 0.4) is 0 Å². The van der Waals surface area contributed by atoms with E-state index < -0.39 is 5.60 Å². The standard InChI is InChI=1S/C38H56O4/c1-3-4-5-6-7-8-9-10-11-12-13-14-15-16-17-18-35(39)42-29-38(40)28-37-25-21-32-31-23-26-41-33(31)22-24-36(32,2)34(37)20-19-30(38)27-37/h7-8,10-11,22-24,26,30,32,34,40H,3-6,9,12-21,25,27-29H2,1-2H3/b8-7+,11-10-/t30-,32-,34+,36-,37-,38+/m0/s1. The minimum atomic E-state index is -0.870. The molecule has 0 unspecified atom stereocenters. The number of unbranched alkanes of at least 4 members (excludes halogenated alkanes) is 8. The largest absolute Gasteiger partial charge is 0.465 e. The van der Waals surface area contributed by atoms with Crippen molar-refractivity contribution in [3.05, 3.63) is 54.0 Å². The number of allylic oxidation sites excluding steroid dienone is 5. The van der Waals surface area contributed by atoms with Gasteiger partial charge in [-0.05, 0) is 118 Å². The van der Waals surface area contributed by atoms with Crippen LogP contribution in [0.1, 0.15) is 147 Å². The van der Waals surface area contributed by atoms with Crippen LogP contribution in [0.25, 0.3) is 6.08 Å². The summed E-state index contributed by atoms with van der Waals surface area (Å²) in [5, 5.41) is 11.8. The van der Waals surface area contributed by atoms with Gasteiger partial charge >= 0.3 is 5.97 Å². The lowest BCUT2D eigenvalue weighted by atomic mass is 9.46. The van der Waals surface area contributed by atoms with E-state index in [1.165, 1.54) is 50.5 Å². The van der Waals surface area contributed by atoms with Crippen LogP contribution in [0.15, 0.2) is 47.1 Å². The van der Waals surface area contributed by atoms with Gasteiger partial charge in [-0.1, -0.05) is 76.3 Å². The lowest BCUT2D eigenvalue weighted by Gasteiger charge is -2.58. The molecule has 1 heterocycles. The Hall–Kier alpha value is -2.07. The number of hydrogen-bond donors (Lipinski definition) is 1. The zero-order valence-electron chi connectivity index (χ0n) is 26.5. The van der Waals surface area contributed by atoms with Gasteiger partial charge in [-0.2, -0.15) is 0 Å². The van der Waals surface area contributed by atoms with Crippen molar-refractivity contribution in [1.29, 1.82) is 0 Å². The molecular formula is C38H56O4. The van der Waals surface area contributed by atoms with Gasteiger partial charge in [0.1, 0.15) is 18.0 Å². The Bertz CT molecular complexity index is 1110. The average molecular weight is 577 g/mol. The summed E-state index contributed by atoms with van der Waals surface area (Å²) in [6.45, 7) is 4.86. The maximum absolute atomic E-state index is 12.6. The van der Waals surface area contributed by atoms with Crippen LogP contribution >= 0.6 is 0 Å². The summed E-state index contributed by atoms with van der Waals surface area (Å²) >= 11 is 0. The molecule has 0 aromatic carbocycles. The summed E-state index contributed by atoms with van der Waals surface area (Å²) in [6.07, 6.45) is 35.3. The van der Waals surface area contributed by atoms with E-state index in [1.807, 2.05) is 6.26 Å². The maximum Gasteiger partial charge on any atom is 0.305 e. The van der Waals surface area contributed by atoms with E-state index in [9.17, 15) is 9.90 Å². The summed E-state index contributed by atoms with van der Waals surface area (Å²) < 4.78 is 11.5. The molecule has 0 saturated heterocycles. The minimum Gasteiger partial charge on any atom is -0.465 e. The molecular weight excluding hydrogens is 520 g/mol. The molecule has 4 aliphatic rings. The van der Waals surface area contributed by atoms with E-state index in [0.29, 0.717) is 18.3 Å². The fourth-order valence-corrected chi connectivity index (χ4v) is 9.40. The third-order valence-corrected chi connectivity index (χ3v) is 11.6. The molecule has 0 radical (unpaired) electrons. The molecule has 2 bridgehead atoms. The number of rotatable bonds is 16. The molecule has 1 aromatic heterocycles. The van der Waals surface area contributed by atoms with Gasteiger partial charge in [-0.3, -0.25) is 4.79 Å². The topological polar surface area (TPSA) is 59.7 Å². The normalized spacial score (nSPS) is 33.2. The number of furan rings is 1. The summed E-state index contributed by atoms with van der Waals surface area (Å²) in [6, 6.07) is 2.17. The highest BCUT2D eigenvalue weighted by Crippen LogP contribution is 2.71. The molecule has 4 nitrogen and oxygen atoms in total. The quantitative estimate of drug-likeness (QED) is 0.121. The first-order valence-corrected chi connectivity index (χ1v) is 17.3. The summed E-state index contributed by atoms with van der Waals surface area (Å²) in [5.74, 6) is 2.19. The second-order valence-electron chi connectivity index (χ2n) is 14.3. The lowest BCUT2D eigenvalue weighted by molar-refractivity contribution is -0.154. The fraction of sp³-hybridized carbons (Fsp3) is 0.711. The summed E-state index contributed by atoms with van der Waals surface area (Å²) in [7, 11) is 0. The molecule has 3 saturated carbocycles. The lowest BCUT2D eigenvalue weighted by Crippen LogP contribution is -2.49. The van der Waals surface area contributed by atoms with Crippen molar-refractivity contribution in [2.24, 2.45) is 22.7 Å². The van der Waals surface area contributed by atoms with Gasteiger partial charge in [0.2, 0.25) is 0 Å². The smallest absolute Gasteiger partial charge is 0.305 e. The first-order valence-electron chi connectivity index (χ1n) is 17.3. The van der Waals surface area contributed by atoms with Crippen LogP contribution in [0.4, 0.5) is 0 Å². The van der Waals surface area contributed by atoms with E-state index in [4.69, 9.17) is 9.15 Å².